The van der Waals surface area contributed by atoms with Crippen LogP contribution < -0.4 is 10.6 Å². The van der Waals surface area contributed by atoms with Crippen molar-refractivity contribution in [3.05, 3.63) is 51.0 Å². The van der Waals surface area contributed by atoms with Crippen LogP contribution >= 0.6 is 35.3 Å². The summed E-state index contributed by atoms with van der Waals surface area (Å²) in [5.74, 6) is 0.823. The Morgan fingerprint density at radius 1 is 1.16 bits per heavy atom. The van der Waals surface area contributed by atoms with Crippen molar-refractivity contribution in [3.8, 4) is 0 Å². The highest BCUT2D eigenvalue weighted by Crippen LogP contribution is 2.17. The molecule has 0 bridgehead atoms. The molecule has 1 saturated heterocycles. The van der Waals surface area contributed by atoms with E-state index in [1.54, 1.807) is 11.3 Å². The Morgan fingerprint density at radius 2 is 1.84 bits per heavy atom. The van der Waals surface area contributed by atoms with Gasteiger partial charge in [-0.15, -0.1) is 35.3 Å². The van der Waals surface area contributed by atoms with Gasteiger partial charge in [-0.1, -0.05) is 24.3 Å². The van der Waals surface area contributed by atoms with Gasteiger partial charge in [0.05, 0.1) is 22.9 Å². The number of aliphatic imine (C=N–C) groups is 1. The third-order valence-corrected chi connectivity index (χ3v) is 6.51. The molecule has 1 fully saturated rings. The summed E-state index contributed by atoms with van der Waals surface area (Å²) in [6.45, 7) is 13.0. The molecule has 2 N–H and O–H groups in total. The van der Waals surface area contributed by atoms with Crippen molar-refractivity contribution in [1.29, 1.82) is 0 Å². The van der Waals surface area contributed by atoms with Gasteiger partial charge in [-0.2, -0.15) is 0 Å². The van der Waals surface area contributed by atoms with Crippen LogP contribution in [-0.4, -0.2) is 54.7 Å². The third kappa shape index (κ3) is 8.00. The second kappa shape index (κ2) is 12.7. The molecule has 1 aromatic heterocycles. The third-order valence-electron chi connectivity index (χ3n) is 5.38. The van der Waals surface area contributed by atoms with Crippen LogP contribution in [0.4, 0.5) is 0 Å². The zero-order valence-electron chi connectivity index (χ0n) is 19.3. The summed E-state index contributed by atoms with van der Waals surface area (Å²) < 4.78 is 5.87. The molecule has 2 unspecified atom stereocenters. The van der Waals surface area contributed by atoms with E-state index in [9.17, 15) is 0 Å². The van der Waals surface area contributed by atoms with Crippen LogP contribution in [0.5, 0.6) is 0 Å². The number of aromatic nitrogens is 1. The number of rotatable bonds is 7. The van der Waals surface area contributed by atoms with Crippen LogP contribution in [0.15, 0.2) is 29.3 Å². The second-order valence-corrected chi connectivity index (χ2v) is 9.36. The van der Waals surface area contributed by atoms with Gasteiger partial charge in [0.1, 0.15) is 0 Å². The van der Waals surface area contributed by atoms with Crippen LogP contribution in [0.25, 0.3) is 0 Å². The minimum absolute atomic E-state index is 0. The Balaban J connectivity index is 0.00000341. The zero-order valence-corrected chi connectivity index (χ0v) is 22.4. The number of ether oxygens (including phenoxy) is 1. The Morgan fingerprint density at radius 3 is 2.45 bits per heavy atom. The molecular formula is C23H36IN5OS. The highest BCUT2D eigenvalue weighted by Gasteiger charge is 2.22. The summed E-state index contributed by atoms with van der Waals surface area (Å²) in [7, 11) is 1.81. The number of hydrogen-bond donors (Lipinski definition) is 2. The topological polar surface area (TPSA) is 61.8 Å². The zero-order chi connectivity index (χ0) is 21.5. The van der Waals surface area contributed by atoms with Crippen molar-refractivity contribution in [2.45, 2.75) is 59.4 Å². The molecule has 3 rings (SSSR count). The lowest BCUT2D eigenvalue weighted by molar-refractivity contribution is -0.0705. The van der Waals surface area contributed by atoms with Crippen LogP contribution in [0.1, 0.15) is 40.6 Å². The Bertz CT molecular complexity index is 827. The molecule has 0 radical (unpaired) electrons. The standard InChI is InChI=1S/C23H35N5OS.HI/c1-16-13-28(14-17(2)29-16)15-21-9-7-6-8-20(21)12-26-23(24-5)25-11-10-22-27-18(3)19(4)30-22;/h6-9,16-17H,10-15H2,1-5H3,(H2,24,25,26);1H. The molecule has 1 aromatic carbocycles. The van der Waals surface area contributed by atoms with E-state index in [0.717, 1.165) is 50.8 Å². The molecule has 2 atom stereocenters. The lowest BCUT2D eigenvalue weighted by Crippen LogP contribution is -2.45. The molecule has 31 heavy (non-hydrogen) atoms. The highest BCUT2D eigenvalue weighted by molar-refractivity contribution is 14.0. The predicted octanol–water partition coefficient (Wildman–Crippen LogP) is 3.89. The minimum atomic E-state index is 0. The molecule has 8 heteroatoms. The average Bonchev–Trinajstić information content (AvgIpc) is 3.02. The van der Waals surface area contributed by atoms with Gasteiger partial charge in [0, 0.05) is 51.1 Å². The van der Waals surface area contributed by atoms with E-state index in [2.05, 4.69) is 77.5 Å². The SMILES string of the molecule is CN=C(NCCc1nc(C)c(C)s1)NCc1ccccc1CN1CC(C)OC(C)C1.I. The van der Waals surface area contributed by atoms with Gasteiger partial charge in [0.2, 0.25) is 0 Å². The second-order valence-electron chi connectivity index (χ2n) is 8.07. The van der Waals surface area contributed by atoms with Crippen LogP contribution in [0.3, 0.4) is 0 Å². The number of nitrogens with zero attached hydrogens (tertiary/aromatic N) is 3. The van der Waals surface area contributed by atoms with Gasteiger partial charge in [0.25, 0.3) is 0 Å². The number of guanidine groups is 1. The van der Waals surface area contributed by atoms with Crippen molar-refractivity contribution in [1.82, 2.24) is 20.5 Å². The molecule has 2 heterocycles. The van der Waals surface area contributed by atoms with Crippen molar-refractivity contribution >= 4 is 41.3 Å². The van der Waals surface area contributed by atoms with E-state index in [4.69, 9.17) is 4.74 Å². The number of thiazole rings is 1. The number of nitrogens with one attached hydrogen (secondary N) is 2. The maximum Gasteiger partial charge on any atom is 0.191 e. The fourth-order valence-electron chi connectivity index (χ4n) is 3.87. The minimum Gasteiger partial charge on any atom is -0.373 e. The van der Waals surface area contributed by atoms with Crippen LogP contribution in [0.2, 0.25) is 0 Å². The monoisotopic (exact) mass is 557 g/mol. The van der Waals surface area contributed by atoms with Gasteiger partial charge in [-0.3, -0.25) is 9.89 Å². The quantitative estimate of drug-likeness (QED) is 0.307. The van der Waals surface area contributed by atoms with Gasteiger partial charge in [-0.05, 0) is 38.8 Å². The Kier molecular flexibility index (Phi) is 10.7. The number of hydrogen-bond acceptors (Lipinski definition) is 5. The molecule has 6 nitrogen and oxygen atoms in total. The molecule has 0 amide bonds. The lowest BCUT2D eigenvalue weighted by Gasteiger charge is -2.35. The summed E-state index contributed by atoms with van der Waals surface area (Å²) in [5.41, 5.74) is 3.80. The van der Waals surface area contributed by atoms with E-state index in [0.29, 0.717) is 0 Å². The lowest BCUT2D eigenvalue weighted by atomic mass is 10.1. The predicted molar refractivity (Wildman–Crippen MR) is 141 cm³/mol. The first kappa shape index (κ1) is 26.0. The molecule has 1 aliphatic heterocycles. The smallest absolute Gasteiger partial charge is 0.191 e. The van der Waals surface area contributed by atoms with Crippen LogP contribution in [-0.2, 0) is 24.2 Å². The summed E-state index contributed by atoms with van der Waals surface area (Å²) in [6, 6.07) is 8.65. The van der Waals surface area contributed by atoms with Gasteiger partial charge in [-0.25, -0.2) is 4.98 Å². The molecule has 0 aliphatic carbocycles. The molecule has 1 aliphatic rings. The molecule has 172 valence electrons. The summed E-state index contributed by atoms with van der Waals surface area (Å²) in [6.07, 6.45) is 1.48. The summed E-state index contributed by atoms with van der Waals surface area (Å²) in [5, 5.41) is 8.04. The van der Waals surface area contributed by atoms with E-state index >= 15 is 0 Å². The fourth-order valence-corrected chi connectivity index (χ4v) is 4.81. The van der Waals surface area contributed by atoms with Gasteiger partial charge >= 0.3 is 0 Å². The maximum atomic E-state index is 5.87. The summed E-state index contributed by atoms with van der Waals surface area (Å²) in [4.78, 5) is 12.8. The summed E-state index contributed by atoms with van der Waals surface area (Å²) >= 11 is 1.78. The highest BCUT2D eigenvalue weighted by atomic mass is 127. The molecule has 2 aromatic rings. The van der Waals surface area contributed by atoms with Crippen molar-refractivity contribution in [2.24, 2.45) is 4.99 Å². The Hall–Kier alpha value is -1.23. The molecule has 0 spiro atoms. The molecular weight excluding hydrogens is 521 g/mol. The Labute approximate surface area is 207 Å². The normalized spacial score (nSPS) is 19.7. The van der Waals surface area contributed by atoms with E-state index < -0.39 is 0 Å². The van der Waals surface area contributed by atoms with E-state index in [-0.39, 0.29) is 36.2 Å². The number of benzene rings is 1. The maximum absolute atomic E-state index is 5.87. The van der Waals surface area contributed by atoms with Gasteiger partial charge in [0.15, 0.2) is 5.96 Å². The first-order valence-electron chi connectivity index (χ1n) is 10.8. The van der Waals surface area contributed by atoms with Crippen molar-refractivity contribution < 1.29 is 4.74 Å². The molecule has 0 saturated carbocycles. The largest absolute Gasteiger partial charge is 0.373 e. The number of aryl methyl sites for hydroxylation is 2. The van der Waals surface area contributed by atoms with Gasteiger partial charge < -0.3 is 15.4 Å². The van der Waals surface area contributed by atoms with Crippen molar-refractivity contribution in [3.63, 3.8) is 0 Å². The number of morpholine rings is 1. The van der Waals surface area contributed by atoms with E-state index in [1.165, 1.54) is 21.0 Å². The van der Waals surface area contributed by atoms with E-state index in [1.807, 2.05) is 7.05 Å². The first-order valence-corrected chi connectivity index (χ1v) is 11.6. The average molecular weight is 558 g/mol. The van der Waals surface area contributed by atoms with Crippen LogP contribution in [0, 0.1) is 13.8 Å². The first-order chi connectivity index (χ1) is 14.4. The van der Waals surface area contributed by atoms with Crippen molar-refractivity contribution in [2.75, 3.05) is 26.7 Å². The fraction of sp³-hybridized carbons (Fsp3) is 0.565. The number of halogens is 1.